The molecule has 1 aromatic heterocycles. The van der Waals surface area contributed by atoms with E-state index in [4.69, 9.17) is 10.4 Å². The van der Waals surface area contributed by atoms with Gasteiger partial charge in [-0.2, -0.15) is 5.26 Å². The summed E-state index contributed by atoms with van der Waals surface area (Å²) in [5.74, 6) is 0.634. The van der Waals surface area contributed by atoms with E-state index in [9.17, 15) is 0 Å². The molecule has 2 N–H and O–H groups in total. The van der Waals surface area contributed by atoms with E-state index >= 15 is 0 Å². The molecule has 0 atom stereocenters. The first-order chi connectivity index (χ1) is 7.20. The molecule has 1 heterocycles. The summed E-state index contributed by atoms with van der Waals surface area (Å²) in [5.41, 5.74) is 1.52. The van der Waals surface area contributed by atoms with Crippen molar-refractivity contribution in [2.24, 2.45) is 0 Å². The summed E-state index contributed by atoms with van der Waals surface area (Å²) in [4.78, 5) is 4.14. The van der Waals surface area contributed by atoms with Crippen LogP contribution in [-0.2, 0) is 0 Å². The number of aryl methyl sites for hydroxylation is 1. The van der Waals surface area contributed by atoms with Crippen molar-refractivity contribution in [3.05, 3.63) is 23.4 Å². The van der Waals surface area contributed by atoms with Crippen molar-refractivity contribution in [2.45, 2.75) is 31.9 Å². The molecule has 0 amide bonds. The highest BCUT2D eigenvalue weighted by atomic mass is 16.3. The number of hydrogen-bond donors (Lipinski definition) is 2. The van der Waals surface area contributed by atoms with E-state index in [-0.39, 0.29) is 12.1 Å². The largest absolute Gasteiger partial charge is 0.393 e. The lowest BCUT2D eigenvalue weighted by Gasteiger charge is -2.32. The lowest BCUT2D eigenvalue weighted by Crippen LogP contribution is -2.39. The summed E-state index contributed by atoms with van der Waals surface area (Å²) in [6, 6.07) is 4.21. The van der Waals surface area contributed by atoms with Crippen LogP contribution in [-0.4, -0.2) is 22.2 Å². The third kappa shape index (κ3) is 1.92. The van der Waals surface area contributed by atoms with Crippen molar-refractivity contribution in [1.29, 1.82) is 5.26 Å². The SMILES string of the molecule is Cc1ccnc(NC2CC(O)C2)c1C#N. The van der Waals surface area contributed by atoms with E-state index in [1.807, 2.05) is 13.0 Å². The standard InChI is InChI=1S/C11H13N3O/c1-7-2-3-13-11(10(7)6-12)14-8-4-9(15)5-8/h2-3,8-9,15H,4-5H2,1H3,(H,13,14). The average Bonchev–Trinajstić information content (AvgIpc) is 2.16. The number of nitrogens with zero attached hydrogens (tertiary/aromatic N) is 2. The van der Waals surface area contributed by atoms with Gasteiger partial charge in [-0.3, -0.25) is 0 Å². The number of hydrogen-bond acceptors (Lipinski definition) is 4. The molecule has 4 heteroatoms. The molecule has 0 unspecified atom stereocenters. The number of pyridine rings is 1. The Morgan fingerprint density at radius 2 is 2.33 bits per heavy atom. The molecule has 0 saturated heterocycles. The maximum Gasteiger partial charge on any atom is 0.144 e. The monoisotopic (exact) mass is 203 g/mol. The fraction of sp³-hybridized carbons (Fsp3) is 0.455. The molecule has 15 heavy (non-hydrogen) atoms. The highest BCUT2D eigenvalue weighted by Gasteiger charge is 2.27. The number of nitriles is 1. The third-order valence-electron chi connectivity index (χ3n) is 2.73. The molecular formula is C11H13N3O. The van der Waals surface area contributed by atoms with Crippen LogP contribution >= 0.6 is 0 Å². The lowest BCUT2D eigenvalue weighted by molar-refractivity contribution is 0.0835. The molecule has 0 aliphatic heterocycles. The molecule has 0 aromatic carbocycles. The second-order valence-electron chi connectivity index (χ2n) is 3.93. The first-order valence-electron chi connectivity index (χ1n) is 5.01. The Kier molecular flexibility index (Phi) is 2.57. The quantitative estimate of drug-likeness (QED) is 0.757. The third-order valence-corrected chi connectivity index (χ3v) is 2.73. The van der Waals surface area contributed by atoms with Crippen LogP contribution in [0.5, 0.6) is 0 Å². The van der Waals surface area contributed by atoms with E-state index < -0.39 is 0 Å². The Hall–Kier alpha value is -1.60. The van der Waals surface area contributed by atoms with Gasteiger partial charge in [0.15, 0.2) is 0 Å². The molecule has 1 aliphatic rings. The van der Waals surface area contributed by atoms with Crippen molar-refractivity contribution < 1.29 is 5.11 Å². The number of nitrogens with one attached hydrogen (secondary N) is 1. The number of anilines is 1. The van der Waals surface area contributed by atoms with Crippen molar-refractivity contribution in [3.8, 4) is 6.07 Å². The molecule has 0 spiro atoms. The normalized spacial score (nSPS) is 24.1. The Bertz CT molecular complexity index is 405. The minimum Gasteiger partial charge on any atom is -0.393 e. The zero-order valence-corrected chi connectivity index (χ0v) is 8.57. The van der Waals surface area contributed by atoms with Gasteiger partial charge in [0, 0.05) is 12.2 Å². The maximum atomic E-state index is 9.15. The fourth-order valence-electron chi connectivity index (χ4n) is 1.71. The van der Waals surface area contributed by atoms with E-state index in [0.717, 1.165) is 18.4 Å². The van der Waals surface area contributed by atoms with Crippen molar-refractivity contribution in [2.75, 3.05) is 5.32 Å². The molecule has 1 aromatic rings. The Labute approximate surface area is 88.6 Å². The van der Waals surface area contributed by atoms with Gasteiger partial charge < -0.3 is 10.4 Å². The lowest BCUT2D eigenvalue weighted by atomic mass is 9.89. The number of aliphatic hydroxyl groups is 1. The van der Waals surface area contributed by atoms with Crippen molar-refractivity contribution in [3.63, 3.8) is 0 Å². The second-order valence-corrected chi connectivity index (χ2v) is 3.93. The zero-order valence-electron chi connectivity index (χ0n) is 8.57. The minimum absolute atomic E-state index is 0.196. The predicted octanol–water partition coefficient (Wildman–Crippen LogP) is 1.20. The van der Waals surface area contributed by atoms with E-state index in [1.165, 1.54) is 0 Å². The molecule has 1 fully saturated rings. The Morgan fingerprint density at radius 1 is 1.60 bits per heavy atom. The average molecular weight is 203 g/mol. The fourth-order valence-corrected chi connectivity index (χ4v) is 1.71. The maximum absolute atomic E-state index is 9.15. The van der Waals surface area contributed by atoms with E-state index in [0.29, 0.717) is 11.4 Å². The molecule has 78 valence electrons. The summed E-state index contributed by atoms with van der Waals surface area (Å²) in [6.07, 6.45) is 2.96. The van der Waals surface area contributed by atoms with Crippen LogP contribution in [0.15, 0.2) is 12.3 Å². The smallest absolute Gasteiger partial charge is 0.144 e. The first kappa shape index (κ1) is 9.94. The van der Waals surface area contributed by atoms with Gasteiger partial charge in [-0.05, 0) is 31.4 Å². The van der Waals surface area contributed by atoms with Crippen LogP contribution in [0.2, 0.25) is 0 Å². The topological polar surface area (TPSA) is 68.9 Å². The summed E-state index contributed by atoms with van der Waals surface area (Å²) < 4.78 is 0. The van der Waals surface area contributed by atoms with Crippen molar-refractivity contribution >= 4 is 5.82 Å². The van der Waals surface area contributed by atoms with Gasteiger partial charge in [0.25, 0.3) is 0 Å². The summed E-state index contributed by atoms with van der Waals surface area (Å²) in [5, 5.41) is 21.3. The second kappa shape index (κ2) is 3.87. The van der Waals surface area contributed by atoms with Crippen LogP contribution in [0.25, 0.3) is 0 Å². The minimum atomic E-state index is -0.196. The van der Waals surface area contributed by atoms with Crippen LogP contribution in [0, 0.1) is 18.3 Å². The summed E-state index contributed by atoms with van der Waals surface area (Å²) in [6.45, 7) is 1.89. The van der Waals surface area contributed by atoms with Crippen LogP contribution < -0.4 is 5.32 Å². The van der Waals surface area contributed by atoms with Crippen LogP contribution in [0.3, 0.4) is 0 Å². The van der Waals surface area contributed by atoms with E-state index in [1.54, 1.807) is 6.20 Å². The van der Waals surface area contributed by atoms with Gasteiger partial charge in [0.05, 0.1) is 11.7 Å². The van der Waals surface area contributed by atoms with Gasteiger partial charge in [0.1, 0.15) is 11.9 Å². The molecular weight excluding hydrogens is 190 g/mol. The Balaban J connectivity index is 2.15. The highest BCUT2D eigenvalue weighted by Crippen LogP contribution is 2.25. The molecule has 1 aliphatic carbocycles. The summed E-state index contributed by atoms with van der Waals surface area (Å²) in [7, 11) is 0. The predicted molar refractivity (Wildman–Crippen MR) is 56.3 cm³/mol. The molecule has 0 radical (unpaired) electrons. The first-order valence-corrected chi connectivity index (χ1v) is 5.01. The van der Waals surface area contributed by atoms with Crippen molar-refractivity contribution in [1.82, 2.24) is 4.98 Å². The van der Waals surface area contributed by atoms with Gasteiger partial charge >= 0.3 is 0 Å². The Morgan fingerprint density at radius 3 is 2.93 bits per heavy atom. The number of rotatable bonds is 2. The molecule has 1 saturated carbocycles. The number of aromatic nitrogens is 1. The van der Waals surface area contributed by atoms with Gasteiger partial charge in [0.2, 0.25) is 0 Å². The number of aliphatic hydroxyl groups excluding tert-OH is 1. The van der Waals surface area contributed by atoms with Crippen LogP contribution in [0.1, 0.15) is 24.0 Å². The highest BCUT2D eigenvalue weighted by molar-refractivity contribution is 5.56. The van der Waals surface area contributed by atoms with E-state index in [2.05, 4.69) is 16.4 Å². The van der Waals surface area contributed by atoms with Gasteiger partial charge in [-0.1, -0.05) is 0 Å². The molecule has 0 bridgehead atoms. The van der Waals surface area contributed by atoms with Gasteiger partial charge in [-0.25, -0.2) is 4.98 Å². The molecule has 4 nitrogen and oxygen atoms in total. The zero-order chi connectivity index (χ0) is 10.8. The van der Waals surface area contributed by atoms with Gasteiger partial charge in [-0.15, -0.1) is 0 Å². The molecule has 2 rings (SSSR count). The summed E-state index contributed by atoms with van der Waals surface area (Å²) >= 11 is 0. The van der Waals surface area contributed by atoms with Crippen LogP contribution in [0.4, 0.5) is 5.82 Å².